The third kappa shape index (κ3) is 5.25. The van der Waals surface area contributed by atoms with E-state index in [1.807, 2.05) is 72.8 Å². The van der Waals surface area contributed by atoms with E-state index in [0.29, 0.717) is 22.8 Å². The molecule has 0 unspecified atom stereocenters. The van der Waals surface area contributed by atoms with Gasteiger partial charge in [0.25, 0.3) is 0 Å². The van der Waals surface area contributed by atoms with Gasteiger partial charge in [-0.25, -0.2) is 9.97 Å². The summed E-state index contributed by atoms with van der Waals surface area (Å²) >= 11 is 0. The molecule has 9 aromatic rings. The summed E-state index contributed by atoms with van der Waals surface area (Å²) in [4.78, 5) is 10.6. The number of benzene rings is 7. The fourth-order valence-electron chi connectivity index (χ4n) is 7.18. The third-order valence-electron chi connectivity index (χ3n) is 9.47. The Kier molecular flexibility index (Phi) is 7.50. The van der Waals surface area contributed by atoms with Gasteiger partial charge in [-0.2, -0.15) is 5.26 Å². The maximum Gasteiger partial charge on any atom is 0.161 e. The monoisotopic (exact) mass is 650 g/mol. The number of aromatic nitrogens is 3. The van der Waals surface area contributed by atoms with Gasteiger partial charge < -0.3 is 4.57 Å². The summed E-state index contributed by atoms with van der Waals surface area (Å²) in [6.07, 6.45) is 0. The van der Waals surface area contributed by atoms with Gasteiger partial charge in [0.1, 0.15) is 11.6 Å². The summed E-state index contributed by atoms with van der Waals surface area (Å²) in [6, 6.07) is 65.0. The molecule has 0 aliphatic carbocycles. The molecule has 0 N–H and O–H groups in total. The lowest BCUT2D eigenvalue weighted by atomic mass is 9.89. The number of nitriles is 1. The molecule has 4 heteroatoms. The molecule has 2 aromatic heterocycles. The van der Waals surface area contributed by atoms with Gasteiger partial charge in [-0.15, -0.1) is 0 Å². The van der Waals surface area contributed by atoms with Crippen LogP contribution in [0, 0.1) is 11.3 Å². The van der Waals surface area contributed by atoms with Gasteiger partial charge in [0.15, 0.2) is 5.82 Å². The van der Waals surface area contributed by atoms with Crippen LogP contribution in [0.15, 0.2) is 182 Å². The molecular weight excluding hydrogens is 621 g/mol. The first-order valence-corrected chi connectivity index (χ1v) is 17.0. The highest BCUT2D eigenvalue weighted by Crippen LogP contribution is 2.44. The molecule has 0 aliphatic rings. The van der Waals surface area contributed by atoms with Crippen LogP contribution in [0.25, 0.3) is 83.6 Å². The van der Waals surface area contributed by atoms with Crippen LogP contribution in [0.2, 0.25) is 0 Å². The molecule has 0 amide bonds. The Hall–Kier alpha value is -7.09. The second-order valence-corrected chi connectivity index (χ2v) is 12.5. The smallest absolute Gasteiger partial charge is 0.161 e. The minimum Gasteiger partial charge on any atom is -0.309 e. The van der Waals surface area contributed by atoms with Gasteiger partial charge in [0, 0.05) is 33.2 Å². The molecular formula is C47H30N4. The second-order valence-electron chi connectivity index (χ2n) is 12.5. The molecule has 9 rings (SSSR count). The lowest BCUT2D eigenvalue weighted by molar-refractivity contribution is 1.16. The van der Waals surface area contributed by atoms with Crippen LogP contribution >= 0.6 is 0 Å². The van der Waals surface area contributed by atoms with Crippen LogP contribution in [0.4, 0.5) is 0 Å². The van der Waals surface area contributed by atoms with E-state index < -0.39 is 0 Å². The Morgan fingerprint density at radius 3 is 1.22 bits per heavy atom. The van der Waals surface area contributed by atoms with Crippen molar-refractivity contribution in [3.05, 3.63) is 188 Å². The number of hydrogen-bond donors (Lipinski definition) is 0. The van der Waals surface area contributed by atoms with Crippen molar-refractivity contribution >= 4 is 21.8 Å². The van der Waals surface area contributed by atoms with Crippen LogP contribution in [0.3, 0.4) is 0 Å². The zero-order valence-electron chi connectivity index (χ0n) is 27.6. The molecule has 0 spiro atoms. The van der Waals surface area contributed by atoms with E-state index in [1.54, 1.807) is 0 Å². The number of fused-ring (bicyclic) bond motifs is 3. The Balaban J connectivity index is 1.44. The van der Waals surface area contributed by atoms with E-state index in [0.717, 1.165) is 55.7 Å². The summed E-state index contributed by atoms with van der Waals surface area (Å²) in [7, 11) is 0. The van der Waals surface area contributed by atoms with Crippen LogP contribution in [-0.2, 0) is 0 Å². The molecule has 0 radical (unpaired) electrons. The maximum atomic E-state index is 10.6. The fourth-order valence-corrected chi connectivity index (χ4v) is 7.18. The molecule has 2 heterocycles. The molecule has 4 nitrogen and oxygen atoms in total. The number of rotatable bonds is 6. The molecule has 0 saturated heterocycles. The minimum absolute atomic E-state index is 0.445. The fraction of sp³-hybridized carbons (Fsp3) is 0. The van der Waals surface area contributed by atoms with Crippen molar-refractivity contribution in [2.24, 2.45) is 0 Å². The molecule has 0 saturated carbocycles. The van der Waals surface area contributed by atoms with Gasteiger partial charge in [0.05, 0.1) is 22.4 Å². The number of para-hydroxylation sites is 2. The van der Waals surface area contributed by atoms with Crippen molar-refractivity contribution in [1.82, 2.24) is 14.5 Å². The van der Waals surface area contributed by atoms with Gasteiger partial charge in [-0.1, -0.05) is 158 Å². The van der Waals surface area contributed by atoms with E-state index in [1.165, 1.54) is 10.8 Å². The average molecular weight is 651 g/mol. The van der Waals surface area contributed by atoms with Crippen LogP contribution < -0.4 is 0 Å². The highest BCUT2D eigenvalue weighted by atomic mass is 15.0. The van der Waals surface area contributed by atoms with E-state index in [4.69, 9.17) is 9.97 Å². The Bertz CT molecular complexity index is 2550. The number of hydrogen-bond acceptors (Lipinski definition) is 3. The predicted octanol–water partition coefficient (Wildman–Crippen LogP) is 11.8. The molecule has 0 bridgehead atoms. The molecule has 0 fully saturated rings. The minimum atomic E-state index is 0.445. The Morgan fingerprint density at radius 1 is 0.431 bits per heavy atom. The van der Waals surface area contributed by atoms with Gasteiger partial charge >= 0.3 is 0 Å². The molecule has 0 atom stereocenters. The Morgan fingerprint density at radius 2 is 0.804 bits per heavy atom. The van der Waals surface area contributed by atoms with Crippen LogP contribution in [-0.4, -0.2) is 14.5 Å². The summed E-state index contributed by atoms with van der Waals surface area (Å²) < 4.78 is 2.36. The SMILES string of the molecule is N#Cc1c(-c2ccccc2)nc(-c2c(-c3ccccc3)cc(-n3c4ccccc4c4ccccc43)cc2-c2ccccc2)nc1-c1ccccc1. The topological polar surface area (TPSA) is 54.5 Å². The highest BCUT2D eigenvalue weighted by molar-refractivity contribution is 6.09. The van der Waals surface area contributed by atoms with Crippen molar-refractivity contribution < 1.29 is 0 Å². The van der Waals surface area contributed by atoms with E-state index in [2.05, 4.69) is 120 Å². The summed E-state index contributed by atoms with van der Waals surface area (Å²) in [5.41, 5.74) is 11.7. The first-order valence-electron chi connectivity index (χ1n) is 17.0. The van der Waals surface area contributed by atoms with Gasteiger partial charge in [-0.3, -0.25) is 0 Å². The predicted molar refractivity (Wildman–Crippen MR) is 208 cm³/mol. The quantitative estimate of drug-likeness (QED) is 0.180. The van der Waals surface area contributed by atoms with Crippen molar-refractivity contribution in [2.45, 2.75) is 0 Å². The largest absolute Gasteiger partial charge is 0.309 e. The Labute approximate surface area is 296 Å². The van der Waals surface area contributed by atoms with Crippen molar-refractivity contribution in [3.63, 3.8) is 0 Å². The zero-order chi connectivity index (χ0) is 34.1. The molecule has 0 aliphatic heterocycles. The van der Waals surface area contributed by atoms with E-state index >= 15 is 0 Å². The van der Waals surface area contributed by atoms with E-state index in [9.17, 15) is 5.26 Å². The first kappa shape index (κ1) is 30.0. The molecule has 51 heavy (non-hydrogen) atoms. The normalized spacial score (nSPS) is 11.1. The van der Waals surface area contributed by atoms with Crippen LogP contribution in [0.5, 0.6) is 0 Å². The van der Waals surface area contributed by atoms with Crippen LogP contribution in [0.1, 0.15) is 5.56 Å². The van der Waals surface area contributed by atoms with E-state index in [-0.39, 0.29) is 0 Å². The highest BCUT2D eigenvalue weighted by Gasteiger charge is 2.24. The summed E-state index contributed by atoms with van der Waals surface area (Å²) in [6.45, 7) is 0. The third-order valence-corrected chi connectivity index (χ3v) is 9.47. The molecule has 7 aromatic carbocycles. The lowest BCUT2D eigenvalue weighted by Crippen LogP contribution is -2.04. The van der Waals surface area contributed by atoms with Crippen molar-refractivity contribution in [3.8, 4) is 67.9 Å². The molecule has 238 valence electrons. The first-order chi connectivity index (χ1) is 25.3. The van der Waals surface area contributed by atoms with Gasteiger partial charge in [0.2, 0.25) is 0 Å². The average Bonchev–Trinajstić information content (AvgIpc) is 3.55. The lowest BCUT2D eigenvalue weighted by Gasteiger charge is -2.20. The summed E-state index contributed by atoms with van der Waals surface area (Å²) in [5.74, 6) is 0.554. The van der Waals surface area contributed by atoms with Crippen molar-refractivity contribution in [1.29, 1.82) is 5.26 Å². The number of nitrogens with zero attached hydrogens (tertiary/aromatic N) is 4. The van der Waals surface area contributed by atoms with Gasteiger partial charge in [-0.05, 0) is 46.5 Å². The summed E-state index contributed by atoms with van der Waals surface area (Å²) in [5, 5.41) is 13.0. The standard InChI is InChI=1S/C47H30N4/c48-31-41-45(34-21-9-3-10-22-34)49-47(50-46(41)35-23-11-4-12-24-35)44-39(32-17-5-1-6-18-32)29-36(30-40(44)33-19-7-2-8-20-33)51-42-27-15-13-25-37(42)38-26-14-16-28-43(38)51/h1-30H. The second kappa shape index (κ2) is 12.7. The maximum absolute atomic E-state index is 10.6. The van der Waals surface area contributed by atoms with Crippen molar-refractivity contribution in [2.75, 3.05) is 0 Å². The zero-order valence-corrected chi connectivity index (χ0v) is 27.6.